The summed E-state index contributed by atoms with van der Waals surface area (Å²) in [5.74, 6) is -0.560. The van der Waals surface area contributed by atoms with Gasteiger partial charge in [-0.2, -0.15) is 0 Å². The maximum atomic E-state index is 13.3. The Morgan fingerprint density at radius 2 is 1.86 bits per heavy atom. The van der Waals surface area contributed by atoms with E-state index in [1.54, 1.807) is 42.6 Å². The molecule has 3 amide bonds. The normalized spacial score (nSPS) is 17.0. The number of pyridine rings is 1. The summed E-state index contributed by atoms with van der Waals surface area (Å²) in [5.41, 5.74) is 3.66. The van der Waals surface area contributed by atoms with Gasteiger partial charge in [0, 0.05) is 31.2 Å². The van der Waals surface area contributed by atoms with E-state index in [1.165, 1.54) is 11.1 Å². The maximum Gasteiger partial charge on any atom is 0.411 e. The van der Waals surface area contributed by atoms with Crippen molar-refractivity contribution in [3.8, 4) is 0 Å². The molecule has 0 radical (unpaired) electrons. The highest BCUT2D eigenvalue weighted by molar-refractivity contribution is 6.04. The summed E-state index contributed by atoms with van der Waals surface area (Å²) in [6.45, 7) is 3.35. The Morgan fingerprint density at radius 1 is 1.08 bits per heavy atom. The van der Waals surface area contributed by atoms with Gasteiger partial charge in [0.1, 0.15) is 0 Å². The number of benzene rings is 2. The Morgan fingerprint density at radius 3 is 2.54 bits per heavy atom. The molecule has 2 N–H and O–H groups in total. The molecule has 37 heavy (non-hydrogen) atoms. The van der Waals surface area contributed by atoms with E-state index in [1.807, 2.05) is 50.2 Å². The molecule has 2 heterocycles. The van der Waals surface area contributed by atoms with Gasteiger partial charge < -0.3 is 20.3 Å². The number of amides is 3. The van der Waals surface area contributed by atoms with E-state index in [0.717, 1.165) is 11.1 Å². The van der Waals surface area contributed by atoms with Crippen molar-refractivity contribution in [3.63, 3.8) is 0 Å². The van der Waals surface area contributed by atoms with Crippen LogP contribution in [0.2, 0.25) is 0 Å². The molecule has 0 spiro atoms. The summed E-state index contributed by atoms with van der Waals surface area (Å²) in [6, 6.07) is 17.3. The quantitative estimate of drug-likeness (QED) is 0.466. The molecule has 3 aromatic rings. The standard InChI is InChI=1S/C28H31N5O4/c1-19-6-4-7-20(16-19)18-33-24(27(35)30-14-15-32(2)3)25(37-28(33)36)21-9-11-23(12-10-21)31-26(34)22-8-5-13-29-17-22/h4-13,16-17,24-25H,14-15,18H2,1-3H3,(H,30,35)(H,31,34). The van der Waals surface area contributed by atoms with E-state index in [0.29, 0.717) is 29.9 Å². The highest BCUT2D eigenvalue weighted by Crippen LogP contribution is 2.34. The van der Waals surface area contributed by atoms with Gasteiger partial charge >= 0.3 is 6.09 Å². The number of aromatic nitrogens is 1. The molecule has 1 aliphatic rings. The van der Waals surface area contributed by atoms with Crippen LogP contribution >= 0.6 is 0 Å². The highest BCUT2D eigenvalue weighted by atomic mass is 16.6. The number of rotatable bonds is 9. The van der Waals surface area contributed by atoms with Crippen LogP contribution in [-0.4, -0.2) is 65.9 Å². The predicted octanol–water partition coefficient (Wildman–Crippen LogP) is 3.38. The van der Waals surface area contributed by atoms with Crippen LogP contribution in [0.5, 0.6) is 0 Å². The van der Waals surface area contributed by atoms with Crippen molar-refractivity contribution in [1.29, 1.82) is 0 Å². The third-order valence-corrected chi connectivity index (χ3v) is 6.07. The minimum absolute atomic E-state index is 0.252. The topological polar surface area (TPSA) is 104 Å². The third-order valence-electron chi connectivity index (χ3n) is 6.07. The molecule has 1 fully saturated rings. The molecule has 1 aromatic heterocycles. The van der Waals surface area contributed by atoms with Gasteiger partial charge in [-0.1, -0.05) is 42.0 Å². The lowest BCUT2D eigenvalue weighted by Gasteiger charge is -2.24. The van der Waals surface area contributed by atoms with Crippen LogP contribution in [-0.2, 0) is 16.1 Å². The molecule has 2 unspecified atom stereocenters. The van der Waals surface area contributed by atoms with Crippen LogP contribution in [0.4, 0.5) is 10.5 Å². The van der Waals surface area contributed by atoms with Crippen molar-refractivity contribution in [2.75, 3.05) is 32.5 Å². The van der Waals surface area contributed by atoms with Gasteiger partial charge in [0.2, 0.25) is 5.91 Å². The molecule has 2 atom stereocenters. The molecule has 9 heteroatoms. The lowest BCUT2D eigenvalue weighted by atomic mass is 10.00. The van der Waals surface area contributed by atoms with Crippen molar-refractivity contribution < 1.29 is 19.1 Å². The fourth-order valence-corrected chi connectivity index (χ4v) is 4.18. The van der Waals surface area contributed by atoms with Crippen molar-refractivity contribution in [2.24, 2.45) is 0 Å². The first-order valence-electron chi connectivity index (χ1n) is 12.1. The smallest absolute Gasteiger partial charge is 0.411 e. The third kappa shape index (κ3) is 6.50. The van der Waals surface area contributed by atoms with E-state index in [9.17, 15) is 14.4 Å². The Bertz CT molecular complexity index is 1250. The molecule has 1 aliphatic heterocycles. The monoisotopic (exact) mass is 501 g/mol. The summed E-state index contributed by atoms with van der Waals surface area (Å²) in [4.78, 5) is 46.1. The molecule has 2 aromatic carbocycles. The second-order valence-electron chi connectivity index (χ2n) is 9.28. The zero-order valence-corrected chi connectivity index (χ0v) is 21.2. The molecule has 4 rings (SSSR count). The molecule has 0 bridgehead atoms. The lowest BCUT2D eigenvalue weighted by molar-refractivity contribution is -0.126. The Balaban J connectivity index is 1.54. The second kappa shape index (κ2) is 11.7. The van der Waals surface area contributed by atoms with E-state index >= 15 is 0 Å². The van der Waals surface area contributed by atoms with E-state index in [-0.39, 0.29) is 18.4 Å². The number of hydrogen-bond acceptors (Lipinski definition) is 6. The van der Waals surface area contributed by atoms with Crippen LogP contribution in [0.15, 0.2) is 73.1 Å². The maximum absolute atomic E-state index is 13.3. The average molecular weight is 502 g/mol. The van der Waals surface area contributed by atoms with Gasteiger partial charge in [-0.05, 0) is 56.4 Å². The average Bonchev–Trinajstić information content (AvgIpc) is 3.20. The number of hydrogen-bond donors (Lipinski definition) is 2. The number of aryl methyl sites for hydroxylation is 1. The Labute approximate surface area is 216 Å². The number of ether oxygens (including phenoxy) is 1. The van der Waals surface area contributed by atoms with E-state index in [2.05, 4.69) is 15.6 Å². The first-order valence-corrected chi connectivity index (χ1v) is 12.1. The summed E-state index contributed by atoms with van der Waals surface area (Å²) in [5, 5.41) is 5.76. The van der Waals surface area contributed by atoms with Crippen molar-refractivity contribution in [2.45, 2.75) is 25.6 Å². The summed E-state index contributed by atoms with van der Waals surface area (Å²) in [7, 11) is 3.85. The minimum atomic E-state index is -0.842. The summed E-state index contributed by atoms with van der Waals surface area (Å²) >= 11 is 0. The number of likely N-dealkylation sites (N-methyl/N-ethyl adjacent to an activating group) is 1. The van der Waals surface area contributed by atoms with Crippen molar-refractivity contribution in [1.82, 2.24) is 20.1 Å². The molecular formula is C28H31N5O4. The largest absolute Gasteiger partial charge is 0.438 e. The zero-order chi connectivity index (χ0) is 26.4. The number of cyclic esters (lactones) is 1. The Hall–Kier alpha value is -4.24. The molecule has 0 aliphatic carbocycles. The highest BCUT2D eigenvalue weighted by Gasteiger charge is 2.46. The Kier molecular flexibility index (Phi) is 8.15. The number of nitrogens with zero attached hydrogens (tertiary/aromatic N) is 3. The van der Waals surface area contributed by atoms with Gasteiger partial charge in [0.15, 0.2) is 12.1 Å². The first-order chi connectivity index (χ1) is 17.8. The van der Waals surface area contributed by atoms with E-state index < -0.39 is 18.2 Å². The first kappa shape index (κ1) is 25.8. The summed E-state index contributed by atoms with van der Waals surface area (Å²) in [6.07, 6.45) is 1.75. The predicted molar refractivity (Wildman–Crippen MR) is 140 cm³/mol. The van der Waals surface area contributed by atoms with Crippen LogP contribution in [0.25, 0.3) is 0 Å². The molecule has 9 nitrogen and oxygen atoms in total. The van der Waals surface area contributed by atoms with Crippen LogP contribution in [0.3, 0.4) is 0 Å². The van der Waals surface area contributed by atoms with Gasteiger partial charge in [-0.15, -0.1) is 0 Å². The number of anilines is 1. The van der Waals surface area contributed by atoms with Crippen LogP contribution < -0.4 is 10.6 Å². The van der Waals surface area contributed by atoms with Crippen LogP contribution in [0.1, 0.15) is 33.2 Å². The zero-order valence-electron chi connectivity index (χ0n) is 21.2. The SMILES string of the molecule is Cc1cccc(CN2C(=O)OC(c3ccc(NC(=O)c4cccnc4)cc3)C2C(=O)NCCN(C)C)c1. The van der Waals surface area contributed by atoms with Crippen LogP contribution in [0, 0.1) is 6.92 Å². The molecule has 1 saturated heterocycles. The van der Waals surface area contributed by atoms with Gasteiger partial charge in [-0.3, -0.25) is 19.5 Å². The molecular weight excluding hydrogens is 470 g/mol. The van der Waals surface area contributed by atoms with Gasteiger partial charge in [0.05, 0.1) is 12.1 Å². The fourth-order valence-electron chi connectivity index (χ4n) is 4.18. The summed E-state index contributed by atoms with van der Waals surface area (Å²) < 4.78 is 5.73. The minimum Gasteiger partial charge on any atom is -0.438 e. The molecule has 192 valence electrons. The number of nitrogens with one attached hydrogen (secondary N) is 2. The molecule has 0 saturated carbocycles. The van der Waals surface area contributed by atoms with Crippen molar-refractivity contribution in [3.05, 3.63) is 95.3 Å². The second-order valence-corrected chi connectivity index (χ2v) is 9.28. The number of carbonyl (C=O) groups is 3. The lowest BCUT2D eigenvalue weighted by Crippen LogP contribution is -2.47. The van der Waals surface area contributed by atoms with Crippen molar-refractivity contribution >= 4 is 23.6 Å². The van der Waals surface area contributed by atoms with E-state index in [4.69, 9.17) is 4.74 Å². The van der Waals surface area contributed by atoms with Gasteiger partial charge in [-0.25, -0.2) is 4.79 Å². The van der Waals surface area contributed by atoms with Gasteiger partial charge in [0.25, 0.3) is 5.91 Å². The number of carbonyl (C=O) groups excluding carboxylic acids is 3. The fraction of sp³-hybridized carbons (Fsp3) is 0.286.